The lowest BCUT2D eigenvalue weighted by Gasteiger charge is -2.29. The van der Waals surface area contributed by atoms with Crippen LogP contribution in [0.25, 0.3) is 10.9 Å². The lowest BCUT2D eigenvalue weighted by molar-refractivity contribution is -0.136. The van der Waals surface area contributed by atoms with E-state index < -0.39 is 11.9 Å². The van der Waals surface area contributed by atoms with Crippen LogP contribution in [0.15, 0.2) is 36.4 Å². The number of aromatic amines is 1. The third-order valence-electron chi connectivity index (χ3n) is 6.48. The second-order valence-electron chi connectivity index (χ2n) is 8.47. The number of hydrogen-bond acceptors (Lipinski definition) is 5. The Morgan fingerprint density at radius 3 is 2.74 bits per heavy atom. The Hall–Kier alpha value is -4.14. The van der Waals surface area contributed by atoms with E-state index in [9.17, 15) is 19.2 Å². The summed E-state index contributed by atoms with van der Waals surface area (Å²) in [5, 5.41) is 6.16. The van der Waals surface area contributed by atoms with Gasteiger partial charge in [-0.3, -0.25) is 24.5 Å². The molecule has 2 aromatic carbocycles. The largest absolute Gasteiger partial charge is 0.497 e. The van der Waals surface area contributed by atoms with Crippen LogP contribution in [0.3, 0.4) is 0 Å². The number of piperidine rings is 1. The molecule has 1 saturated heterocycles. The number of hydrogen-bond donors (Lipinski definition) is 3. The molecule has 1 fully saturated rings. The number of nitrogens with one attached hydrogen (secondary N) is 3. The number of rotatable bonds is 5. The van der Waals surface area contributed by atoms with Gasteiger partial charge in [0.05, 0.1) is 7.11 Å². The van der Waals surface area contributed by atoms with E-state index in [-0.39, 0.29) is 30.7 Å². The molecule has 0 spiro atoms. The maximum absolute atomic E-state index is 13.1. The molecule has 2 aliphatic rings. The van der Waals surface area contributed by atoms with Gasteiger partial charge in [-0.2, -0.15) is 0 Å². The summed E-state index contributed by atoms with van der Waals surface area (Å²) in [6, 6.07) is 10.1. The highest BCUT2D eigenvalue weighted by molar-refractivity contribution is 6.09. The standard InChI is InChI=1S/C25H24N4O5/c1-3-16-18-11-15(34-2)5-7-19(18)27-22(16)24(32)26-14-4-6-17-13(10-14)12-29(25(17)33)20-8-9-21(30)28-23(20)31/h4-7,10-11,20,27H,3,8-9,12H2,1-2H3,(H,26,32)(H,28,30,31). The van der Waals surface area contributed by atoms with Gasteiger partial charge < -0.3 is 19.9 Å². The average Bonchev–Trinajstić information content (AvgIpc) is 3.35. The average molecular weight is 460 g/mol. The Kier molecular flexibility index (Phi) is 5.31. The number of aryl methyl sites for hydroxylation is 1. The minimum atomic E-state index is -0.675. The highest BCUT2D eigenvalue weighted by atomic mass is 16.5. The number of ether oxygens (including phenoxy) is 1. The van der Waals surface area contributed by atoms with Gasteiger partial charge in [0.15, 0.2) is 0 Å². The summed E-state index contributed by atoms with van der Waals surface area (Å²) in [5.74, 6) is -0.582. The fourth-order valence-electron chi connectivity index (χ4n) is 4.76. The summed E-state index contributed by atoms with van der Waals surface area (Å²) in [6.07, 6.45) is 1.17. The fraction of sp³-hybridized carbons (Fsp3) is 0.280. The number of anilines is 1. The number of amides is 4. The van der Waals surface area contributed by atoms with Crippen molar-refractivity contribution in [3.05, 3.63) is 58.8 Å². The molecule has 9 heteroatoms. The van der Waals surface area contributed by atoms with Gasteiger partial charge in [0, 0.05) is 35.1 Å². The summed E-state index contributed by atoms with van der Waals surface area (Å²) in [5.41, 5.74) is 4.00. The van der Waals surface area contributed by atoms with E-state index in [4.69, 9.17) is 4.74 Å². The van der Waals surface area contributed by atoms with Crippen molar-refractivity contribution < 1.29 is 23.9 Å². The molecule has 0 bridgehead atoms. The van der Waals surface area contributed by atoms with Gasteiger partial charge >= 0.3 is 0 Å². The maximum atomic E-state index is 13.1. The molecule has 34 heavy (non-hydrogen) atoms. The number of benzene rings is 2. The number of carbonyl (C=O) groups excluding carboxylic acids is 4. The third-order valence-corrected chi connectivity index (χ3v) is 6.48. The zero-order valence-electron chi connectivity index (χ0n) is 18.9. The van der Waals surface area contributed by atoms with Crippen molar-refractivity contribution >= 4 is 40.2 Å². The van der Waals surface area contributed by atoms with Crippen molar-refractivity contribution in [1.29, 1.82) is 0 Å². The van der Waals surface area contributed by atoms with Gasteiger partial charge in [-0.15, -0.1) is 0 Å². The number of carbonyl (C=O) groups is 4. The van der Waals surface area contributed by atoms with Gasteiger partial charge in [-0.1, -0.05) is 6.92 Å². The summed E-state index contributed by atoms with van der Waals surface area (Å²) in [7, 11) is 1.60. The van der Waals surface area contributed by atoms with E-state index in [0.29, 0.717) is 29.8 Å². The lowest BCUT2D eigenvalue weighted by atomic mass is 10.0. The molecule has 0 aliphatic carbocycles. The first kappa shape index (κ1) is 21.7. The van der Waals surface area contributed by atoms with Gasteiger partial charge in [0.25, 0.3) is 11.8 Å². The Balaban J connectivity index is 1.38. The molecule has 3 aromatic rings. The normalized spacial score (nSPS) is 17.6. The van der Waals surface area contributed by atoms with E-state index in [2.05, 4.69) is 15.6 Å². The Morgan fingerprint density at radius 2 is 2.00 bits per heavy atom. The van der Waals surface area contributed by atoms with Gasteiger partial charge in [0.2, 0.25) is 11.8 Å². The quantitative estimate of drug-likeness (QED) is 0.506. The van der Waals surface area contributed by atoms with Crippen LogP contribution in [-0.4, -0.2) is 46.7 Å². The first-order valence-electron chi connectivity index (χ1n) is 11.2. The smallest absolute Gasteiger partial charge is 0.272 e. The molecule has 1 atom stereocenters. The van der Waals surface area contributed by atoms with E-state index in [1.54, 1.807) is 25.3 Å². The van der Waals surface area contributed by atoms with E-state index in [0.717, 1.165) is 27.8 Å². The maximum Gasteiger partial charge on any atom is 0.272 e. The molecule has 3 heterocycles. The van der Waals surface area contributed by atoms with Crippen LogP contribution in [0.2, 0.25) is 0 Å². The second-order valence-corrected chi connectivity index (χ2v) is 8.47. The molecule has 2 aliphatic heterocycles. The number of imide groups is 1. The second kappa shape index (κ2) is 8.33. The number of methoxy groups -OCH3 is 1. The van der Waals surface area contributed by atoms with Crippen molar-refractivity contribution in [3.63, 3.8) is 0 Å². The Bertz CT molecular complexity index is 1360. The van der Waals surface area contributed by atoms with Gasteiger partial charge in [-0.25, -0.2) is 0 Å². The number of H-pyrrole nitrogens is 1. The first-order chi connectivity index (χ1) is 16.4. The molecule has 4 amide bonds. The van der Waals surface area contributed by atoms with Crippen LogP contribution >= 0.6 is 0 Å². The van der Waals surface area contributed by atoms with Crippen molar-refractivity contribution in [2.24, 2.45) is 0 Å². The van der Waals surface area contributed by atoms with Crippen LogP contribution in [0, 0.1) is 0 Å². The first-order valence-corrected chi connectivity index (χ1v) is 11.2. The highest BCUT2D eigenvalue weighted by Gasteiger charge is 2.39. The minimum Gasteiger partial charge on any atom is -0.497 e. The molecular weight excluding hydrogens is 436 g/mol. The third kappa shape index (κ3) is 3.59. The topological polar surface area (TPSA) is 121 Å². The predicted molar refractivity (Wildman–Crippen MR) is 125 cm³/mol. The van der Waals surface area contributed by atoms with E-state index in [1.165, 1.54) is 4.90 Å². The summed E-state index contributed by atoms with van der Waals surface area (Å²) >= 11 is 0. The fourth-order valence-corrected chi connectivity index (χ4v) is 4.76. The molecule has 1 aromatic heterocycles. The molecule has 0 radical (unpaired) electrons. The molecule has 174 valence electrons. The van der Waals surface area contributed by atoms with Crippen LogP contribution < -0.4 is 15.4 Å². The highest BCUT2D eigenvalue weighted by Crippen LogP contribution is 2.31. The summed E-state index contributed by atoms with van der Waals surface area (Å²) in [4.78, 5) is 54.4. The monoisotopic (exact) mass is 460 g/mol. The summed E-state index contributed by atoms with van der Waals surface area (Å²) < 4.78 is 5.32. The predicted octanol–water partition coefficient (Wildman–Crippen LogP) is 2.75. The molecule has 1 unspecified atom stereocenters. The molecule has 3 N–H and O–H groups in total. The van der Waals surface area contributed by atoms with Crippen LogP contribution in [0.1, 0.15) is 51.7 Å². The van der Waals surface area contributed by atoms with Crippen LogP contribution in [-0.2, 0) is 22.6 Å². The Morgan fingerprint density at radius 1 is 1.18 bits per heavy atom. The minimum absolute atomic E-state index is 0.202. The van der Waals surface area contributed by atoms with Gasteiger partial charge in [0.1, 0.15) is 17.5 Å². The molecular formula is C25H24N4O5. The van der Waals surface area contributed by atoms with Crippen molar-refractivity contribution in [2.45, 2.75) is 38.8 Å². The number of fused-ring (bicyclic) bond motifs is 2. The SMILES string of the molecule is CCc1c(C(=O)Nc2ccc3c(c2)CN(C2CCC(=O)NC2=O)C3=O)[nH]c2ccc(OC)cc12. The Labute approximate surface area is 195 Å². The van der Waals surface area contributed by atoms with Crippen molar-refractivity contribution in [3.8, 4) is 5.75 Å². The van der Waals surface area contributed by atoms with Crippen LogP contribution in [0.4, 0.5) is 5.69 Å². The van der Waals surface area contributed by atoms with Gasteiger partial charge in [-0.05, 0) is 60.4 Å². The zero-order valence-corrected chi connectivity index (χ0v) is 18.9. The zero-order chi connectivity index (χ0) is 24.0. The number of aromatic nitrogens is 1. The molecule has 5 rings (SSSR count). The van der Waals surface area contributed by atoms with E-state index in [1.807, 2.05) is 25.1 Å². The summed E-state index contributed by atoms with van der Waals surface area (Å²) in [6.45, 7) is 2.24. The van der Waals surface area contributed by atoms with E-state index >= 15 is 0 Å². The number of nitrogens with zero attached hydrogens (tertiary/aromatic N) is 1. The van der Waals surface area contributed by atoms with Crippen molar-refractivity contribution in [2.75, 3.05) is 12.4 Å². The lowest BCUT2D eigenvalue weighted by Crippen LogP contribution is -2.52. The van der Waals surface area contributed by atoms with Crippen molar-refractivity contribution in [1.82, 2.24) is 15.2 Å². The molecule has 9 nitrogen and oxygen atoms in total. The van der Waals surface area contributed by atoms with Crippen LogP contribution in [0.5, 0.6) is 5.75 Å². The molecule has 0 saturated carbocycles.